The molecule has 0 bridgehead atoms. The third kappa shape index (κ3) is 3.52. The Balaban J connectivity index is 2.25. The molecule has 0 saturated heterocycles. The van der Waals surface area contributed by atoms with Crippen LogP contribution in [0.2, 0.25) is 0 Å². The Labute approximate surface area is 137 Å². The normalized spacial score (nSPS) is 13.7. The highest BCUT2D eigenvalue weighted by Gasteiger charge is 2.43. The Morgan fingerprint density at radius 1 is 0.870 bits per heavy atom. The van der Waals surface area contributed by atoms with Crippen LogP contribution in [0.1, 0.15) is 55.1 Å². The zero-order valence-electron chi connectivity index (χ0n) is 14.1. The summed E-state index contributed by atoms with van der Waals surface area (Å²) in [6.45, 7) is 7.14. The number of carbonyl (C=O) groups excluding carboxylic acids is 1. The van der Waals surface area contributed by atoms with E-state index in [0.717, 1.165) is 5.56 Å². The molecule has 1 unspecified atom stereocenters. The number of rotatable bonds is 4. The number of carbonyl (C=O) groups is 1. The van der Waals surface area contributed by atoms with Crippen LogP contribution < -0.4 is 0 Å². The third-order valence-corrected chi connectivity index (χ3v) is 4.42. The van der Waals surface area contributed by atoms with Crippen LogP contribution in [0, 0.1) is 5.41 Å². The van der Waals surface area contributed by atoms with Gasteiger partial charge in [0.25, 0.3) is 0 Å². The summed E-state index contributed by atoms with van der Waals surface area (Å²) in [5.74, 6) is -2.35. The second-order valence-corrected chi connectivity index (χ2v) is 7.01. The minimum atomic E-state index is -1.84. The molecule has 0 saturated carbocycles. The maximum absolute atomic E-state index is 12.4. The fraction of sp³-hybridized carbons (Fsp3) is 0.350. The molecule has 0 aliphatic heterocycles. The van der Waals surface area contributed by atoms with Gasteiger partial charge in [-0.2, -0.15) is 0 Å². The van der Waals surface area contributed by atoms with Crippen LogP contribution in [-0.2, 0) is 0 Å². The van der Waals surface area contributed by atoms with Crippen molar-refractivity contribution < 1.29 is 15.0 Å². The molecule has 0 aliphatic carbocycles. The van der Waals surface area contributed by atoms with E-state index in [1.54, 1.807) is 64.1 Å². The smallest absolute Gasteiger partial charge is 0.193 e. The fourth-order valence-corrected chi connectivity index (χ4v) is 2.56. The molecule has 3 heteroatoms. The predicted molar refractivity (Wildman–Crippen MR) is 91.4 cm³/mol. The van der Waals surface area contributed by atoms with E-state index in [1.807, 2.05) is 18.2 Å². The highest BCUT2D eigenvalue weighted by molar-refractivity contribution is 6.08. The van der Waals surface area contributed by atoms with Crippen molar-refractivity contribution in [3.05, 3.63) is 71.3 Å². The van der Waals surface area contributed by atoms with Crippen LogP contribution >= 0.6 is 0 Å². The number of aliphatic hydroxyl groups is 2. The monoisotopic (exact) mass is 312 g/mol. The summed E-state index contributed by atoms with van der Waals surface area (Å²) >= 11 is 0. The maximum Gasteiger partial charge on any atom is 0.193 e. The quantitative estimate of drug-likeness (QED) is 0.668. The third-order valence-electron chi connectivity index (χ3n) is 4.42. The van der Waals surface area contributed by atoms with E-state index in [0.29, 0.717) is 11.1 Å². The Bertz CT molecular complexity index is 664. The molecule has 0 radical (unpaired) electrons. The molecular formula is C20H24O3. The Morgan fingerprint density at radius 3 is 1.83 bits per heavy atom. The molecule has 2 N–H and O–H groups in total. The van der Waals surface area contributed by atoms with Crippen molar-refractivity contribution in [2.45, 2.75) is 39.4 Å². The molecule has 0 aliphatic rings. The van der Waals surface area contributed by atoms with Gasteiger partial charge in [0.1, 0.15) is 0 Å². The van der Waals surface area contributed by atoms with Crippen molar-refractivity contribution in [1.29, 1.82) is 0 Å². The number of benzene rings is 2. The van der Waals surface area contributed by atoms with Gasteiger partial charge in [0.2, 0.25) is 0 Å². The minimum absolute atomic E-state index is 0.0418. The van der Waals surface area contributed by atoms with Crippen molar-refractivity contribution in [2.75, 3.05) is 0 Å². The summed E-state index contributed by atoms with van der Waals surface area (Å²) in [7, 11) is 0. The van der Waals surface area contributed by atoms with Crippen molar-refractivity contribution in [1.82, 2.24) is 0 Å². The summed E-state index contributed by atoms with van der Waals surface area (Å²) in [5, 5.41) is 20.8. The zero-order valence-corrected chi connectivity index (χ0v) is 14.1. The lowest BCUT2D eigenvalue weighted by Gasteiger charge is -2.40. The highest BCUT2D eigenvalue weighted by atomic mass is 16.5. The van der Waals surface area contributed by atoms with Crippen molar-refractivity contribution in [3.63, 3.8) is 0 Å². The van der Waals surface area contributed by atoms with E-state index >= 15 is 0 Å². The number of ketones is 1. The van der Waals surface area contributed by atoms with Gasteiger partial charge in [-0.25, -0.2) is 0 Å². The van der Waals surface area contributed by atoms with Gasteiger partial charge in [-0.05, 0) is 5.56 Å². The van der Waals surface area contributed by atoms with Crippen molar-refractivity contribution >= 4 is 5.78 Å². The molecule has 0 amide bonds. The van der Waals surface area contributed by atoms with E-state index in [-0.39, 0.29) is 5.78 Å². The molecule has 0 spiro atoms. The summed E-state index contributed by atoms with van der Waals surface area (Å²) in [4.78, 5) is 12.4. The first-order chi connectivity index (χ1) is 10.6. The van der Waals surface area contributed by atoms with Gasteiger partial charge in [-0.1, -0.05) is 82.3 Å². The topological polar surface area (TPSA) is 57.5 Å². The van der Waals surface area contributed by atoms with Crippen LogP contribution in [0.15, 0.2) is 54.6 Å². The second-order valence-electron chi connectivity index (χ2n) is 7.01. The van der Waals surface area contributed by atoms with Gasteiger partial charge in [0.05, 0.1) is 0 Å². The molecule has 122 valence electrons. The summed E-state index contributed by atoms with van der Waals surface area (Å²) < 4.78 is 0. The van der Waals surface area contributed by atoms with Gasteiger partial charge < -0.3 is 10.2 Å². The summed E-state index contributed by atoms with van der Waals surface area (Å²) in [6, 6.07) is 16.1. The van der Waals surface area contributed by atoms with Crippen LogP contribution in [0.3, 0.4) is 0 Å². The number of hydrogen-bond donors (Lipinski definition) is 2. The molecular weight excluding hydrogens is 288 g/mol. The molecule has 2 aromatic carbocycles. The average molecular weight is 312 g/mol. The van der Waals surface area contributed by atoms with Gasteiger partial charge in [-0.3, -0.25) is 4.79 Å². The fourth-order valence-electron chi connectivity index (χ4n) is 2.56. The molecule has 2 aromatic rings. The van der Waals surface area contributed by atoms with E-state index in [9.17, 15) is 15.0 Å². The molecule has 1 atom stereocenters. The molecule has 0 aromatic heterocycles. The van der Waals surface area contributed by atoms with E-state index in [4.69, 9.17) is 0 Å². The SMILES string of the molecule is CC(c1ccc(C(=O)c2ccccc2)cc1)C(O)(O)C(C)(C)C. The maximum atomic E-state index is 12.4. The Hall–Kier alpha value is -1.97. The van der Waals surface area contributed by atoms with Crippen LogP contribution in [0.5, 0.6) is 0 Å². The van der Waals surface area contributed by atoms with E-state index < -0.39 is 17.1 Å². The van der Waals surface area contributed by atoms with Crippen molar-refractivity contribution in [2.24, 2.45) is 5.41 Å². The van der Waals surface area contributed by atoms with Gasteiger partial charge >= 0.3 is 0 Å². The van der Waals surface area contributed by atoms with E-state index in [2.05, 4.69) is 0 Å². The van der Waals surface area contributed by atoms with Gasteiger partial charge in [0.15, 0.2) is 11.6 Å². The van der Waals surface area contributed by atoms with Crippen molar-refractivity contribution in [3.8, 4) is 0 Å². The molecule has 3 nitrogen and oxygen atoms in total. The Morgan fingerprint density at radius 2 is 1.35 bits per heavy atom. The summed E-state index contributed by atoms with van der Waals surface area (Å²) in [5.41, 5.74) is 1.34. The van der Waals surface area contributed by atoms with Crippen LogP contribution in [0.25, 0.3) is 0 Å². The van der Waals surface area contributed by atoms with Gasteiger partial charge in [-0.15, -0.1) is 0 Å². The first-order valence-corrected chi connectivity index (χ1v) is 7.79. The lowest BCUT2D eigenvalue weighted by Crippen LogP contribution is -2.47. The lowest BCUT2D eigenvalue weighted by atomic mass is 9.75. The average Bonchev–Trinajstić information content (AvgIpc) is 2.53. The molecule has 23 heavy (non-hydrogen) atoms. The first-order valence-electron chi connectivity index (χ1n) is 7.79. The van der Waals surface area contributed by atoms with Crippen LogP contribution in [0.4, 0.5) is 0 Å². The van der Waals surface area contributed by atoms with E-state index in [1.165, 1.54) is 0 Å². The molecule has 2 rings (SSSR count). The standard InChI is InChI=1S/C20H24O3/c1-14(20(22,23)19(2,3)4)15-10-12-17(13-11-15)18(21)16-8-6-5-7-9-16/h5-14,22-23H,1-4H3. The van der Waals surface area contributed by atoms with Gasteiger partial charge in [0, 0.05) is 22.5 Å². The minimum Gasteiger partial charge on any atom is -0.365 e. The molecule has 0 heterocycles. The summed E-state index contributed by atoms with van der Waals surface area (Å²) in [6.07, 6.45) is 0. The predicted octanol–water partition coefficient (Wildman–Crippen LogP) is 3.75. The lowest BCUT2D eigenvalue weighted by molar-refractivity contribution is -0.240. The largest absolute Gasteiger partial charge is 0.365 e. The first kappa shape index (κ1) is 17.4. The molecule has 0 fully saturated rings. The Kier molecular flexibility index (Phi) is 4.73. The van der Waals surface area contributed by atoms with Crippen LogP contribution in [-0.4, -0.2) is 21.8 Å². The second kappa shape index (κ2) is 6.26. The number of hydrogen-bond acceptors (Lipinski definition) is 3. The zero-order chi connectivity index (χ0) is 17.3. The highest BCUT2D eigenvalue weighted by Crippen LogP contribution is 2.39.